The van der Waals surface area contributed by atoms with Crippen LogP contribution in [0.5, 0.6) is 11.5 Å². The third-order valence-corrected chi connectivity index (χ3v) is 4.87. The Hall–Kier alpha value is -2.86. The number of para-hydroxylation sites is 1. The Kier molecular flexibility index (Phi) is 3.66. The lowest BCUT2D eigenvalue weighted by Gasteiger charge is -2.22. The van der Waals surface area contributed by atoms with E-state index >= 15 is 0 Å². The number of hydrogen-bond acceptors (Lipinski definition) is 5. The highest BCUT2D eigenvalue weighted by Gasteiger charge is 2.30. The number of thiazole rings is 1. The molecule has 24 heavy (non-hydrogen) atoms. The maximum atomic E-state index is 12.0. The fourth-order valence-electron chi connectivity index (χ4n) is 2.82. The standard InChI is InChI=1S/C18H15N3O2S/c19-18-21-17-16(24-18)14(10-15(22)20-17)11-5-4-8-13(9-11)23-12-6-2-1-3-7-12/h1-9,14H,10H2,(H2,19,21)(H,20,22). The summed E-state index contributed by atoms with van der Waals surface area (Å²) in [6.07, 6.45) is 0.378. The van der Waals surface area contributed by atoms with Crippen molar-refractivity contribution in [3.63, 3.8) is 0 Å². The minimum Gasteiger partial charge on any atom is -0.457 e. The molecule has 4 rings (SSSR count). The molecule has 0 saturated carbocycles. The molecule has 1 aromatic heterocycles. The molecule has 0 radical (unpaired) electrons. The molecule has 0 spiro atoms. The van der Waals surface area contributed by atoms with E-state index in [0.29, 0.717) is 17.4 Å². The van der Waals surface area contributed by atoms with Gasteiger partial charge in [-0.25, -0.2) is 4.98 Å². The van der Waals surface area contributed by atoms with Gasteiger partial charge in [-0.1, -0.05) is 41.7 Å². The first-order valence-electron chi connectivity index (χ1n) is 7.58. The van der Waals surface area contributed by atoms with Gasteiger partial charge in [-0.15, -0.1) is 0 Å². The number of anilines is 2. The monoisotopic (exact) mass is 337 g/mol. The number of ether oxygens (including phenoxy) is 1. The van der Waals surface area contributed by atoms with Gasteiger partial charge in [0, 0.05) is 12.3 Å². The van der Waals surface area contributed by atoms with Crippen LogP contribution in [0.4, 0.5) is 10.9 Å². The zero-order valence-electron chi connectivity index (χ0n) is 12.7. The highest BCUT2D eigenvalue weighted by Crippen LogP contribution is 2.42. The van der Waals surface area contributed by atoms with Crippen LogP contribution < -0.4 is 15.8 Å². The normalized spacial score (nSPS) is 16.3. The van der Waals surface area contributed by atoms with Gasteiger partial charge in [0.25, 0.3) is 0 Å². The summed E-state index contributed by atoms with van der Waals surface area (Å²) in [6.45, 7) is 0. The molecule has 2 aromatic carbocycles. The molecule has 1 aliphatic heterocycles. The van der Waals surface area contributed by atoms with E-state index in [-0.39, 0.29) is 11.8 Å². The molecular formula is C18H15N3O2S. The lowest BCUT2D eigenvalue weighted by Crippen LogP contribution is -2.22. The first-order chi connectivity index (χ1) is 11.7. The first-order valence-corrected chi connectivity index (χ1v) is 8.39. The Bertz CT molecular complexity index is 892. The maximum absolute atomic E-state index is 12.0. The van der Waals surface area contributed by atoms with Gasteiger partial charge in [-0.05, 0) is 29.8 Å². The molecule has 1 unspecified atom stereocenters. The summed E-state index contributed by atoms with van der Waals surface area (Å²) in [4.78, 5) is 17.2. The lowest BCUT2D eigenvalue weighted by atomic mass is 9.91. The van der Waals surface area contributed by atoms with E-state index in [1.807, 2.05) is 54.6 Å². The van der Waals surface area contributed by atoms with Gasteiger partial charge in [0.05, 0.1) is 4.88 Å². The molecule has 5 nitrogen and oxygen atoms in total. The largest absolute Gasteiger partial charge is 0.457 e. The van der Waals surface area contributed by atoms with Crippen LogP contribution in [0.1, 0.15) is 22.8 Å². The zero-order chi connectivity index (χ0) is 16.5. The zero-order valence-corrected chi connectivity index (χ0v) is 13.5. The van der Waals surface area contributed by atoms with Crippen molar-refractivity contribution in [3.05, 3.63) is 65.0 Å². The van der Waals surface area contributed by atoms with Crippen molar-refractivity contribution in [1.82, 2.24) is 4.98 Å². The average molecular weight is 337 g/mol. The number of hydrogen-bond donors (Lipinski definition) is 2. The van der Waals surface area contributed by atoms with Crippen molar-refractivity contribution >= 4 is 28.2 Å². The van der Waals surface area contributed by atoms with Gasteiger partial charge in [0.2, 0.25) is 5.91 Å². The second-order valence-electron chi connectivity index (χ2n) is 5.56. The van der Waals surface area contributed by atoms with Crippen LogP contribution in [0.2, 0.25) is 0 Å². The van der Waals surface area contributed by atoms with Crippen LogP contribution in [0, 0.1) is 0 Å². The summed E-state index contributed by atoms with van der Waals surface area (Å²) in [5.74, 6) is 1.99. The fourth-order valence-corrected chi connectivity index (χ4v) is 3.74. The van der Waals surface area contributed by atoms with Crippen LogP contribution in [-0.4, -0.2) is 10.9 Å². The van der Waals surface area contributed by atoms with Gasteiger partial charge in [0.15, 0.2) is 5.13 Å². The summed E-state index contributed by atoms with van der Waals surface area (Å²) in [6, 6.07) is 17.4. The quantitative estimate of drug-likeness (QED) is 0.757. The topological polar surface area (TPSA) is 77.2 Å². The summed E-state index contributed by atoms with van der Waals surface area (Å²) in [7, 11) is 0. The molecule has 3 N–H and O–H groups in total. The summed E-state index contributed by atoms with van der Waals surface area (Å²) < 4.78 is 5.89. The van der Waals surface area contributed by atoms with Crippen molar-refractivity contribution in [1.29, 1.82) is 0 Å². The Balaban J connectivity index is 1.67. The third kappa shape index (κ3) is 2.83. The first kappa shape index (κ1) is 14.7. The summed E-state index contributed by atoms with van der Waals surface area (Å²) >= 11 is 1.42. The minimum atomic E-state index is -0.0529. The molecule has 1 amide bonds. The van der Waals surface area contributed by atoms with Crippen molar-refractivity contribution in [3.8, 4) is 11.5 Å². The predicted molar refractivity (Wildman–Crippen MR) is 94.6 cm³/mol. The molecule has 0 bridgehead atoms. The van der Waals surface area contributed by atoms with E-state index in [1.54, 1.807) is 0 Å². The van der Waals surface area contributed by atoms with E-state index in [4.69, 9.17) is 10.5 Å². The number of nitrogens with two attached hydrogens (primary N) is 1. The number of nitrogens with zero attached hydrogens (tertiary/aromatic N) is 1. The van der Waals surface area contributed by atoms with Crippen molar-refractivity contribution in [2.24, 2.45) is 0 Å². The fraction of sp³-hybridized carbons (Fsp3) is 0.111. The Labute approximate surface area is 143 Å². The van der Waals surface area contributed by atoms with Crippen LogP contribution in [-0.2, 0) is 4.79 Å². The average Bonchev–Trinajstić information content (AvgIpc) is 2.95. The van der Waals surface area contributed by atoms with Crippen LogP contribution in [0.15, 0.2) is 54.6 Å². The molecular weight excluding hydrogens is 322 g/mol. The number of carbonyl (C=O) groups is 1. The van der Waals surface area contributed by atoms with Gasteiger partial charge >= 0.3 is 0 Å². The highest BCUT2D eigenvalue weighted by molar-refractivity contribution is 7.16. The lowest BCUT2D eigenvalue weighted by molar-refractivity contribution is -0.116. The van der Waals surface area contributed by atoms with Crippen LogP contribution in [0.25, 0.3) is 0 Å². The number of carbonyl (C=O) groups excluding carboxylic acids is 1. The van der Waals surface area contributed by atoms with E-state index in [9.17, 15) is 4.79 Å². The molecule has 0 fully saturated rings. The number of nitrogens with one attached hydrogen (secondary N) is 1. The Morgan fingerprint density at radius 1 is 1.12 bits per heavy atom. The number of nitrogen functional groups attached to an aromatic ring is 1. The molecule has 1 aliphatic rings. The minimum absolute atomic E-state index is 0.0489. The SMILES string of the molecule is Nc1nc2c(s1)C(c1cccc(Oc3ccccc3)c1)CC(=O)N2. The Morgan fingerprint density at radius 3 is 2.75 bits per heavy atom. The second kappa shape index (κ2) is 5.98. The van der Waals surface area contributed by atoms with Gasteiger partial charge in [-0.2, -0.15) is 0 Å². The second-order valence-corrected chi connectivity index (χ2v) is 6.62. The molecule has 3 aromatic rings. The number of benzene rings is 2. The van der Waals surface area contributed by atoms with Crippen molar-refractivity contribution in [2.75, 3.05) is 11.1 Å². The number of fused-ring (bicyclic) bond motifs is 1. The van der Waals surface area contributed by atoms with E-state index in [2.05, 4.69) is 10.3 Å². The van der Waals surface area contributed by atoms with Gasteiger partial charge < -0.3 is 15.8 Å². The summed E-state index contributed by atoms with van der Waals surface area (Å²) in [5, 5.41) is 3.25. The van der Waals surface area contributed by atoms with Crippen molar-refractivity contribution < 1.29 is 9.53 Å². The Morgan fingerprint density at radius 2 is 1.92 bits per heavy atom. The van der Waals surface area contributed by atoms with Crippen LogP contribution in [0.3, 0.4) is 0 Å². The van der Waals surface area contributed by atoms with E-state index < -0.39 is 0 Å². The maximum Gasteiger partial charge on any atom is 0.226 e. The molecule has 1 atom stereocenters. The van der Waals surface area contributed by atoms with Gasteiger partial charge in [-0.3, -0.25) is 4.79 Å². The number of amides is 1. The van der Waals surface area contributed by atoms with Gasteiger partial charge in [0.1, 0.15) is 17.3 Å². The van der Waals surface area contributed by atoms with Crippen LogP contribution >= 0.6 is 11.3 Å². The smallest absolute Gasteiger partial charge is 0.226 e. The molecule has 0 aliphatic carbocycles. The predicted octanol–water partition coefficient (Wildman–Crippen LogP) is 3.99. The highest BCUT2D eigenvalue weighted by atomic mass is 32.1. The third-order valence-electron chi connectivity index (χ3n) is 3.87. The summed E-state index contributed by atoms with van der Waals surface area (Å²) in [5.41, 5.74) is 6.82. The van der Waals surface area contributed by atoms with E-state index in [1.165, 1.54) is 11.3 Å². The number of rotatable bonds is 3. The van der Waals surface area contributed by atoms with E-state index in [0.717, 1.165) is 21.9 Å². The molecule has 120 valence electrons. The molecule has 2 heterocycles. The van der Waals surface area contributed by atoms with Crippen molar-refractivity contribution in [2.45, 2.75) is 12.3 Å². The number of aromatic nitrogens is 1. The molecule has 6 heteroatoms. The molecule has 0 saturated heterocycles.